The number of fused-ring (bicyclic) bond motifs is 3. The van der Waals surface area contributed by atoms with Crippen LogP contribution in [0.4, 0.5) is 0 Å². The summed E-state index contributed by atoms with van der Waals surface area (Å²) in [6.07, 6.45) is 0. The fraction of sp³-hybridized carbons (Fsp3) is 0. The monoisotopic (exact) mass is 857 g/mol. The molecule has 0 radical (unpaired) electrons. The second-order valence-corrected chi connectivity index (χ2v) is 22.5. The number of hydrogen-bond donors (Lipinski definition) is 0. The van der Waals surface area contributed by atoms with Gasteiger partial charge >= 0.3 is 0 Å². The van der Waals surface area contributed by atoms with Crippen molar-refractivity contribution in [2.75, 3.05) is 0 Å². The minimum absolute atomic E-state index is 1.03. The Labute approximate surface area is 429 Å². The van der Waals surface area contributed by atoms with E-state index in [1.807, 2.05) is 0 Å². The summed E-state index contributed by atoms with van der Waals surface area (Å²) < 4.78 is 7.26. The third-order valence-electron chi connectivity index (χ3n) is 20.0. The summed E-state index contributed by atoms with van der Waals surface area (Å²) >= 11 is 0. The van der Waals surface area contributed by atoms with Crippen molar-refractivity contribution >= 4 is 406 Å². The van der Waals surface area contributed by atoms with E-state index < -0.39 is 0 Å². The lowest BCUT2D eigenvalue weighted by atomic mass is 9.57. The standard InChI is InChI=1S/C44H48B24O/c45-19-5-1-3-9(29(55)25(5)51)33(59)39(65)34(60)10(3)30(56)26(52)6(1)20(46)13(19)15-23(49)17-18-24(50)16(38(64)42(68)44(18)69-43(17)41(67)37(15)63)14-21(47)7-2-4-11(31(57)27(7)53)35(61)40(66)36(62)12(4)32(58)28(54)8(2)22(14)48/h45-68H2. The van der Waals surface area contributed by atoms with Gasteiger partial charge in [0.1, 0.15) is 199 Å². The van der Waals surface area contributed by atoms with Gasteiger partial charge in [0.15, 0.2) is 0 Å². The van der Waals surface area contributed by atoms with Crippen LogP contribution in [0.1, 0.15) is 0 Å². The molecule has 0 saturated heterocycles. The van der Waals surface area contributed by atoms with E-state index in [0.29, 0.717) is 0 Å². The largest absolute Gasteiger partial charge is 0.457 e. The Kier molecular flexibility index (Phi) is 10.3. The molecular formula is C44H48B24O. The number of hydrogen-bond acceptors (Lipinski definition) is 1. The minimum atomic E-state index is 1.03. The average molecular weight is 852 g/mol. The first-order valence-corrected chi connectivity index (χ1v) is 25.7. The highest BCUT2D eigenvalue weighted by molar-refractivity contribution is 6.78. The summed E-state index contributed by atoms with van der Waals surface area (Å²) in [5, 5.41) is 19.9. The molecule has 10 aromatic carbocycles. The molecule has 11 aromatic rings. The second kappa shape index (κ2) is 15.1. The lowest BCUT2D eigenvalue weighted by Crippen LogP contribution is -2.48. The van der Waals surface area contributed by atoms with Crippen molar-refractivity contribution in [2.24, 2.45) is 0 Å². The Morgan fingerprint density at radius 1 is 0.130 bits per heavy atom. The molecule has 1 nitrogen and oxygen atoms in total. The van der Waals surface area contributed by atoms with Crippen LogP contribution in [-0.4, -0.2) is 188 Å². The van der Waals surface area contributed by atoms with E-state index in [4.69, 9.17) is 4.42 Å². The van der Waals surface area contributed by atoms with Crippen LogP contribution in [0.25, 0.3) is 109 Å². The molecule has 11 rings (SSSR count). The molecule has 0 aliphatic carbocycles. The van der Waals surface area contributed by atoms with Gasteiger partial charge in [0.05, 0.1) is 0 Å². The Morgan fingerprint density at radius 2 is 0.290 bits per heavy atom. The molecule has 0 spiro atoms. The summed E-state index contributed by atoms with van der Waals surface area (Å²) in [6.45, 7) is 0. The molecule has 0 unspecified atom stereocenters. The van der Waals surface area contributed by atoms with Gasteiger partial charge in [-0.15, -0.1) is 10.9 Å². The van der Waals surface area contributed by atoms with Crippen molar-refractivity contribution in [1.82, 2.24) is 0 Å². The van der Waals surface area contributed by atoms with Gasteiger partial charge in [-0.3, -0.25) is 0 Å². The summed E-state index contributed by atoms with van der Waals surface area (Å²) in [4.78, 5) is 0. The van der Waals surface area contributed by atoms with Crippen molar-refractivity contribution in [2.45, 2.75) is 0 Å². The third-order valence-corrected chi connectivity index (χ3v) is 20.0. The molecule has 1 aromatic heterocycles. The average Bonchev–Trinajstić information content (AvgIpc) is 3.71. The molecule has 69 heavy (non-hydrogen) atoms. The zero-order valence-corrected chi connectivity index (χ0v) is 46.4. The molecule has 0 saturated carbocycles. The highest BCUT2D eigenvalue weighted by Crippen LogP contribution is 2.34. The van der Waals surface area contributed by atoms with Crippen molar-refractivity contribution in [1.29, 1.82) is 0 Å². The van der Waals surface area contributed by atoms with Gasteiger partial charge in [-0.05, 0) is 86.9 Å². The Hall–Kier alpha value is -4.36. The smallest absolute Gasteiger partial charge is 0.143 e. The van der Waals surface area contributed by atoms with Crippen LogP contribution in [-0.2, 0) is 0 Å². The quantitative estimate of drug-likeness (QED) is 0.125. The first kappa shape index (κ1) is 47.0. The predicted molar refractivity (Wildman–Crippen MR) is 388 cm³/mol. The highest BCUT2D eigenvalue weighted by atomic mass is 16.3. The zero-order chi connectivity index (χ0) is 50.1. The van der Waals surface area contributed by atoms with Crippen molar-refractivity contribution in [3.8, 4) is 22.3 Å². The Morgan fingerprint density at radius 3 is 0.507 bits per heavy atom. The lowest BCUT2D eigenvalue weighted by molar-refractivity contribution is 0.675. The first-order chi connectivity index (χ1) is 32.3. The maximum atomic E-state index is 7.26. The van der Waals surface area contributed by atoms with Crippen LogP contribution in [0, 0.1) is 0 Å². The lowest BCUT2D eigenvalue weighted by Gasteiger charge is -2.30. The van der Waals surface area contributed by atoms with Gasteiger partial charge < -0.3 is 4.42 Å². The SMILES string of the molecule is Bc1c(-c2c(B)c3c(B)c(B)c4c(B)c(B)c(B)c5c(B)c(B)c(c2B)c3c45)c(B)c2c(oc3c(B)c(B)c(-c4c(B)c5c(B)c(B)c6c(B)c(B)c(B)c7c(B)c(B)c(c4B)c5c67)c(B)c32)c1B. The van der Waals surface area contributed by atoms with Gasteiger partial charge in [-0.1, -0.05) is 120 Å². The van der Waals surface area contributed by atoms with E-state index in [9.17, 15) is 0 Å². The summed E-state index contributed by atoms with van der Waals surface area (Å²) in [7, 11) is 56.9. The summed E-state index contributed by atoms with van der Waals surface area (Å²) in [5.41, 5.74) is 40.7. The van der Waals surface area contributed by atoms with Gasteiger partial charge in [0.25, 0.3) is 0 Å². The van der Waals surface area contributed by atoms with Crippen LogP contribution in [0.15, 0.2) is 4.42 Å². The molecule has 0 atom stereocenters. The van der Waals surface area contributed by atoms with Crippen LogP contribution in [0.5, 0.6) is 0 Å². The van der Waals surface area contributed by atoms with Gasteiger partial charge in [0.2, 0.25) is 0 Å². The van der Waals surface area contributed by atoms with E-state index in [1.54, 1.807) is 0 Å². The maximum Gasteiger partial charge on any atom is 0.143 e. The summed E-state index contributed by atoms with van der Waals surface area (Å²) in [6, 6.07) is 0. The molecule has 302 valence electrons. The predicted octanol–water partition coefficient (Wildman–Crippen LogP) is -29.1. The van der Waals surface area contributed by atoms with Crippen LogP contribution in [0.2, 0.25) is 0 Å². The van der Waals surface area contributed by atoms with E-state index in [2.05, 4.69) is 188 Å². The Bertz CT molecular complexity index is 3890. The molecule has 1 heterocycles. The van der Waals surface area contributed by atoms with E-state index >= 15 is 0 Å². The van der Waals surface area contributed by atoms with E-state index in [0.717, 1.165) is 11.2 Å². The summed E-state index contributed by atoms with van der Waals surface area (Å²) in [5.74, 6) is 0. The van der Waals surface area contributed by atoms with Gasteiger partial charge in [0, 0.05) is 10.8 Å². The third kappa shape index (κ3) is 5.40. The molecule has 25 heteroatoms. The molecule has 0 N–H and O–H groups in total. The first-order valence-electron chi connectivity index (χ1n) is 25.7. The number of rotatable bonds is 2. The highest BCUT2D eigenvalue weighted by Gasteiger charge is 2.31. The molecule has 0 bridgehead atoms. The fourth-order valence-electron chi connectivity index (χ4n) is 15.3. The van der Waals surface area contributed by atoms with Crippen LogP contribution >= 0.6 is 0 Å². The van der Waals surface area contributed by atoms with Crippen molar-refractivity contribution < 1.29 is 4.42 Å². The van der Waals surface area contributed by atoms with Crippen LogP contribution < -0.4 is 131 Å². The minimum Gasteiger partial charge on any atom is -0.457 e. The topological polar surface area (TPSA) is 13.1 Å². The molecule has 0 aliphatic heterocycles. The molecule has 0 amide bonds. The fourth-order valence-corrected chi connectivity index (χ4v) is 15.3. The van der Waals surface area contributed by atoms with Crippen molar-refractivity contribution in [3.05, 3.63) is 0 Å². The number of benzene rings is 10. The molecular weight excluding hydrogens is 804 g/mol. The van der Waals surface area contributed by atoms with E-state index in [-0.39, 0.29) is 0 Å². The molecule has 0 fully saturated rings. The normalized spacial score (nSPS) is 12.3. The Balaban J connectivity index is 1.30. The number of furan rings is 1. The van der Waals surface area contributed by atoms with Gasteiger partial charge in [-0.2, -0.15) is 0 Å². The van der Waals surface area contributed by atoms with Crippen LogP contribution in [0.3, 0.4) is 0 Å². The molecule has 0 aliphatic rings. The maximum absolute atomic E-state index is 7.26. The van der Waals surface area contributed by atoms with E-state index in [1.165, 1.54) is 229 Å². The zero-order valence-electron chi connectivity index (χ0n) is 46.4. The van der Waals surface area contributed by atoms with Crippen molar-refractivity contribution in [3.63, 3.8) is 0 Å². The van der Waals surface area contributed by atoms with Gasteiger partial charge in [-0.25, -0.2) is 0 Å². The second-order valence-electron chi connectivity index (χ2n) is 22.5.